The Hall–Kier alpha value is -6.08. The predicted octanol–water partition coefficient (Wildman–Crippen LogP) is -6.43. The molecule has 0 radical (unpaired) electrons. The topological polar surface area (TPSA) is 561 Å². The van der Waals surface area contributed by atoms with Gasteiger partial charge in [-0.2, -0.15) is 0 Å². The van der Waals surface area contributed by atoms with Gasteiger partial charge in [0.2, 0.25) is 53.2 Å². The number of amides is 9. The number of ether oxygens (including phenoxy) is 9. The Bertz CT molecular complexity index is 3060. The fraction of sp³-hybridized carbons (Fsp3) is 0.750. The fourth-order valence-corrected chi connectivity index (χ4v) is 12.5. The molecule has 40 heteroatoms. The van der Waals surface area contributed by atoms with E-state index in [4.69, 9.17) is 45.7 Å². The first kappa shape index (κ1) is 92.5. The van der Waals surface area contributed by atoms with E-state index in [-0.39, 0.29) is 124 Å². The summed E-state index contributed by atoms with van der Waals surface area (Å²) in [5.41, 5.74) is 2.09. The number of hydrogen-bond donors (Lipinski definition) is 19. The minimum atomic E-state index is -1.55. The van der Waals surface area contributed by atoms with Crippen LogP contribution in [0.5, 0.6) is 0 Å². The van der Waals surface area contributed by atoms with Gasteiger partial charge in [-0.1, -0.05) is 31.0 Å². The van der Waals surface area contributed by atoms with Crippen LogP contribution in [-0.2, 0) is 102 Å². The van der Waals surface area contributed by atoms with Crippen molar-refractivity contribution in [3.05, 3.63) is 36.0 Å². The number of hydrogen-bond acceptors (Lipinski definition) is 29. The number of nitrogens with one attached hydrogen (secondary N) is 9. The third-order valence-electron chi connectivity index (χ3n) is 17.6. The number of carbonyl (C=O) groups excluding carboxylic acids is 9. The first-order chi connectivity index (χ1) is 51.8. The second kappa shape index (κ2) is 50.7. The zero-order valence-electron chi connectivity index (χ0n) is 61.0. The Morgan fingerprint density at radius 2 is 0.870 bits per heavy atom. The molecular weight excluding hydrogens is 1550 g/mol. The van der Waals surface area contributed by atoms with E-state index in [1.165, 1.54) is 20.8 Å². The van der Waals surface area contributed by atoms with E-state index in [1.54, 1.807) is 23.0 Å². The Labute approximate surface area is 639 Å². The highest BCUT2D eigenvalue weighted by Crippen LogP contribution is 2.27. The summed E-state index contributed by atoms with van der Waals surface area (Å²) in [5.74, 6) is -5.04. The standard InChI is InChI=1S/C68H111IN10O29/c1-39(83)74-55-61(94)58(91)48(35-80)106-66(55)102-30-27-99-24-21-71-52(88)18-16-45(64(97)72-22-25-100-28-31-103-67-56(75-40(2)84)62(95)59(92)49(36-81)107-67)78-54(90)19-17-46(65(98)73-23-26-101-29-32-104-68-57(76-41(3)85)63(96)60(93)50(37-82)108-68)77-53(89)15-7-5-4-6-14-51(87)70-20-10-11-42-33-79(34-43(86)38-105-69)47-13-9-8-12-44(42)47/h8-9,12-13,33,43,45-46,48-50,55-63,66-68,80-82,86,91-96H,4-7,10-11,14-32,34-38H2,1-3H3,(H,70,87)(H,71,88)(H,72,97)(H,73,98)(H,74,83)(H,75,84)(H,76,85)(H,77,89)(H,78,90)/t43-,45?,46?,48?,49?,50+,55?,56?,57?,58?,59?,60?,61?,62?,63?,66?,67?,68?/m0/s1. The highest BCUT2D eigenvalue weighted by Gasteiger charge is 2.48. The molecule has 3 saturated heterocycles. The third-order valence-corrected chi connectivity index (χ3v) is 18.0. The van der Waals surface area contributed by atoms with Gasteiger partial charge in [0.05, 0.1) is 98.5 Å². The molecule has 39 nitrogen and oxygen atoms in total. The van der Waals surface area contributed by atoms with E-state index in [0.717, 1.165) is 16.5 Å². The van der Waals surface area contributed by atoms with E-state index in [1.807, 2.05) is 35.0 Å². The van der Waals surface area contributed by atoms with Gasteiger partial charge in [0.15, 0.2) is 18.9 Å². The van der Waals surface area contributed by atoms with Crippen molar-refractivity contribution in [3.8, 4) is 0 Å². The molecule has 3 aliphatic heterocycles. The summed E-state index contributed by atoms with van der Waals surface area (Å²) in [4.78, 5) is 117. The zero-order chi connectivity index (χ0) is 79.1. The molecule has 9 amide bonds. The predicted molar refractivity (Wildman–Crippen MR) is 385 cm³/mol. The Balaban J connectivity index is 1.15. The highest BCUT2D eigenvalue weighted by atomic mass is 127. The lowest BCUT2D eigenvalue weighted by Crippen LogP contribution is -2.64. The van der Waals surface area contributed by atoms with Gasteiger partial charge in [-0.3, -0.25) is 43.2 Å². The van der Waals surface area contributed by atoms with Crippen molar-refractivity contribution in [2.24, 2.45) is 0 Å². The number of aliphatic hydroxyl groups excluding tert-OH is 10. The molecule has 16 unspecified atom stereocenters. The highest BCUT2D eigenvalue weighted by molar-refractivity contribution is 14.1. The van der Waals surface area contributed by atoms with Crippen LogP contribution in [0.1, 0.15) is 97.0 Å². The molecule has 108 heavy (non-hydrogen) atoms. The van der Waals surface area contributed by atoms with Crippen LogP contribution < -0.4 is 47.9 Å². The number of carbonyl (C=O) groups is 9. The first-order valence-corrected chi connectivity index (χ1v) is 37.1. The molecule has 614 valence electrons. The van der Waals surface area contributed by atoms with Crippen LogP contribution >= 0.6 is 23.0 Å². The third kappa shape index (κ3) is 32.3. The molecule has 1 aromatic carbocycles. The monoisotopic (exact) mass is 1660 g/mol. The number of rotatable bonds is 52. The molecule has 3 fully saturated rings. The molecule has 19 N–H and O–H groups in total. The number of aliphatic hydroxyl groups is 10. The van der Waals surface area contributed by atoms with Crippen LogP contribution in [-0.4, -0.2) is 331 Å². The lowest BCUT2D eigenvalue weighted by atomic mass is 9.97. The second-order valence-corrected chi connectivity index (χ2v) is 26.7. The number of halogens is 1. The largest absolute Gasteiger partial charge is 0.394 e. The number of para-hydroxylation sites is 1. The summed E-state index contributed by atoms with van der Waals surface area (Å²) in [6.45, 7) is 1.31. The maximum absolute atomic E-state index is 13.9. The van der Waals surface area contributed by atoms with Crippen LogP contribution in [0.2, 0.25) is 0 Å². The normalized spacial score (nSPS) is 25.0. The fourth-order valence-electron chi connectivity index (χ4n) is 12.1. The summed E-state index contributed by atoms with van der Waals surface area (Å²) in [5, 5.41) is 127. The summed E-state index contributed by atoms with van der Waals surface area (Å²) < 4.78 is 57.5. The number of aromatic nitrogens is 1. The smallest absolute Gasteiger partial charge is 0.242 e. The number of aryl methyl sites for hydroxylation is 1. The minimum Gasteiger partial charge on any atom is -0.394 e. The van der Waals surface area contributed by atoms with Gasteiger partial charge in [-0.15, -0.1) is 0 Å². The van der Waals surface area contributed by atoms with Gasteiger partial charge in [0, 0.05) is 89.7 Å². The molecule has 2 aromatic rings. The average molecular weight is 1660 g/mol. The molecular formula is C68H111IN10O29. The van der Waals surface area contributed by atoms with Crippen LogP contribution in [0.25, 0.3) is 10.9 Å². The van der Waals surface area contributed by atoms with Crippen molar-refractivity contribution in [2.45, 2.75) is 214 Å². The maximum atomic E-state index is 13.9. The Kier molecular flexibility index (Phi) is 43.5. The summed E-state index contributed by atoms with van der Waals surface area (Å²) in [6, 6.07) is 1.68. The molecule has 3 aliphatic rings. The van der Waals surface area contributed by atoms with Crippen LogP contribution in [0, 0.1) is 0 Å². The van der Waals surface area contributed by atoms with E-state index in [2.05, 4.69) is 47.9 Å². The molecule has 1 aromatic heterocycles. The number of nitrogens with zero attached hydrogens (tertiary/aromatic N) is 1. The molecule has 0 saturated carbocycles. The van der Waals surface area contributed by atoms with Crippen molar-refractivity contribution in [2.75, 3.05) is 112 Å². The zero-order valence-corrected chi connectivity index (χ0v) is 63.2. The second-order valence-electron chi connectivity index (χ2n) is 26.1. The van der Waals surface area contributed by atoms with Crippen molar-refractivity contribution in [3.63, 3.8) is 0 Å². The number of fused-ring (bicyclic) bond motifs is 1. The van der Waals surface area contributed by atoms with Gasteiger partial charge >= 0.3 is 0 Å². The number of unbranched alkanes of at least 4 members (excludes halogenated alkanes) is 3. The summed E-state index contributed by atoms with van der Waals surface area (Å²) >= 11 is 1.75. The van der Waals surface area contributed by atoms with E-state index >= 15 is 0 Å². The first-order valence-electron chi connectivity index (χ1n) is 36.2. The lowest BCUT2D eigenvalue weighted by Gasteiger charge is -2.42. The number of benzene rings is 1. The van der Waals surface area contributed by atoms with Gasteiger partial charge in [-0.05, 0) is 50.2 Å². The van der Waals surface area contributed by atoms with Gasteiger partial charge in [0.25, 0.3) is 0 Å². The molecule has 4 heterocycles. The van der Waals surface area contributed by atoms with Crippen molar-refractivity contribution < 1.29 is 140 Å². The van der Waals surface area contributed by atoms with Crippen LogP contribution in [0.4, 0.5) is 0 Å². The quantitative estimate of drug-likeness (QED) is 0.0216. The molecule has 0 aliphatic carbocycles. The van der Waals surface area contributed by atoms with E-state index in [0.29, 0.717) is 51.6 Å². The summed E-state index contributed by atoms with van der Waals surface area (Å²) in [6.07, 6.45) is -12.9. The summed E-state index contributed by atoms with van der Waals surface area (Å²) in [7, 11) is 0. The minimum absolute atomic E-state index is 0.0208. The lowest BCUT2D eigenvalue weighted by molar-refractivity contribution is -0.272. The van der Waals surface area contributed by atoms with E-state index in [9.17, 15) is 94.2 Å². The van der Waals surface area contributed by atoms with Gasteiger partial charge in [-0.25, -0.2) is 0 Å². The van der Waals surface area contributed by atoms with E-state index < -0.39 is 184 Å². The molecule has 5 rings (SSSR count). The molecule has 0 bridgehead atoms. The van der Waals surface area contributed by atoms with Crippen molar-refractivity contribution >= 4 is 87.1 Å². The molecule has 18 atom stereocenters. The van der Waals surface area contributed by atoms with Gasteiger partial charge in [0.1, 0.15) is 108 Å². The van der Waals surface area contributed by atoms with Crippen LogP contribution in [0.15, 0.2) is 30.5 Å². The van der Waals surface area contributed by atoms with Crippen molar-refractivity contribution in [1.29, 1.82) is 0 Å². The maximum Gasteiger partial charge on any atom is 0.242 e. The Morgan fingerprint density at radius 1 is 0.481 bits per heavy atom. The Morgan fingerprint density at radius 3 is 1.30 bits per heavy atom. The SMILES string of the molecule is CC(=O)NC1C(OCCOCCNC(=O)CCC(NC(=O)CCC(NC(=O)CCCCCCC(=O)NCCCc2cn(C[C@H](O)COI)c3ccccc23)C(=O)NCCOCCOC2O[C@H](CO)C(O)C(O)C2NC(C)=O)C(=O)NCCOCCOC2OC(CO)C(O)C(O)C2NC(C)=O)OC(CO)C(O)C1O. The van der Waals surface area contributed by atoms with Crippen LogP contribution in [0.3, 0.4) is 0 Å². The molecule has 0 spiro atoms. The van der Waals surface area contributed by atoms with Crippen molar-refractivity contribution in [1.82, 2.24) is 52.4 Å². The average Bonchev–Trinajstić information content (AvgIpc) is 1.43. The van der Waals surface area contributed by atoms with Gasteiger partial charge < -0.3 is 149 Å².